The molecule has 4 aliphatic rings. The van der Waals surface area contributed by atoms with Crippen molar-refractivity contribution < 1.29 is 20.4 Å². The monoisotopic (exact) mass is 504 g/mol. The van der Waals surface area contributed by atoms with E-state index in [4.69, 9.17) is 0 Å². The zero-order valence-electron chi connectivity index (χ0n) is 23.7. The maximum atomic E-state index is 10.7. The highest BCUT2D eigenvalue weighted by atomic mass is 16.3. The van der Waals surface area contributed by atoms with Crippen LogP contribution in [-0.2, 0) is 0 Å². The molecule has 4 aliphatic carbocycles. The van der Waals surface area contributed by atoms with E-state index in [1.54, 1.807) is 0 Å². The van der Waals surface area contributed by atoms with Crippen LogP contribution in [0.15, 0.2) is 93.9 Å². The summed E-state index contributed by atoms with van der Waals surface area (Å²) < 4.78 is 0. The summed E-state index contributed by atoms with van der Waals surface area (Å²) in [6, 6.07) is 0. The highest BCUT2D eigenvalue weighted by molar-refractivity contribution is 5.59. The summed E-state index contributed by atoms with van der Waals surface area (Å²) in [4.78, 5) is 0. The average molecular weight is 505 g/mol. The third-order valence-electron chi connectivity index (χ3n) is 9.00. The lowest BCUT2D eigenvalue weighted by Gasteiger charge is -2.51. The van der Waals surface area contributed by atoms with Crippen LogP contribution in [0.4, 0.5) is 0 Å². The van der Waals surface area contributed by atoms with Crippen LogP contribution >= 0.6 is 0 Å². The number of aliphatic hydroxyl groups excluding tert-OH is 4. The molecule has 0 bridgehead atoms. The van der Waals surface area contributed by atoms with Crippen molar-refractivity contribution in [3.63, 3.8) is 0 Å². The second kappa shape index (κ2) is 8.58. The first kappa shape index (κ1) is 27.2. The van der Waals surface area contributed by atoms with E-state index in [0.717, 1.165) is 0 Å². The quantitative estimate of drug-likeness (QED) is 0.308. The molecule has 0 aromatic carbocycles. The van der Waals surface area contributed by atoms with Crippen molar-refractivity contribution in [2.75, 3.05) is 0 Å². The lowest BCUT2D eigenvalue weighted by Crippen LogP contribution is -2.41. The average Bonchev–Trinajstić information content (AvgIpc) is 2.77. The van der Waals surface area contributed by atoms with Crippen LogP contribution in [0.1, 0.15) is 81.1 Å². The molecule has 0 aromatic rings. The molecule has 0 radical (unpaired) electrons. The van der Waals surface area contributed by atoms with E-state index in [0.29, 0.717) is 48.7 Å². The zero-order valence-corrected chi connectivity index (χ0v) is 23.7. The summed E-state index contributed by atoms with van der Waals surface area (Å²) in [5, 5.41) is 43.0. The summed E-state index contributed by atoms with van der Waals surface area (Å²) >= 11 is 0. The third kappa shape index (κ3) is 4.43. The lowest BCUT2D eigenvalue weighted by molar-refractivity contribution is 0.212. The highest BCUT2D eigenvalue weighted by Gasteiger charge is 2.52. The molecule has 0 atom stereocenters. The molecule has 0 saturated heterocycles. The second-order valence-electron chi connectivity index (χ2n) is 14.0. The topological polar surface area (TPSA) is 80.9 Å². The largest absolute Gasteiger partial charge is 0.512 e. The van der Waals surface area contributed by atoms with E-state index in [2.05, 4.69) is 79.7 Å². The molecular formula is C33H44O4. The molecule has 0 saturated carbocycles. The predicted octanol–water partition coefficient (Wildman–Crippen LogP) is 9.17. The van der Waals surface area contributed by atoms with Gasteiger partial charge in [0, 0.05) is 21.7 Å². The van der Waals surface area contributed by atoms with E-state index < -0.39 is 27.1 Å². The fourth-order valence-electron chi connectivity index (χ4n) is 6.39. The number of allylic oxidation sites excluding steroid dienone is 16. The van der Waals surface area contributed by atoms with Crippen molar-refractivity contribution in [3.05, 3.63) is 93.9 Å². The summed E-state index contributed by atoms with van der Waals surface area (Å²) in [6.07, 6.45) is 18.3. The van der Waals surface area contributed by atoms with Gasteiger partial charge in [0.15, 0.2) is 0 Å². The van der Waals surface area contributed by atoms with Crippen molar-refractivity contribution in [2.24, 2.45) is 27.1 Å². The molecule has 4 N–H and O–H groups in total. The molecule has 4 rings (SSSR count). The molecule has 0 heterocycles. The zero-order chi connectivity index (χ0) is 27.6. The van der Waals surface area contributed by atoms with Gasteiger partial charge in [0.05, 0.1) is 28.5 Å². The Labute approximate surface area is 222 Å². The van der Waals surface area contributed by atoms with Gasteiger partial charge in [-0.15, -0.1) is 0 Å². The summed E-state index contributed by atoms with van der Waals surface area (Å²) in [6.45, 7) is 16.5. The van der Waals surface area contributed by atoms with Crippen molar-refractivity contribution in [1.82, 2.24) is 0 Å². The van der Waals surface area contributed by atoms with Crippen molar-refractivity contribution in [3.8, 4) is 0 Å². The van der Waals surface area contributed by atoms with Crippen LogP contribution in [0.25, 0.3) is 0 Å². The maximum Gasteiger partial charge on any atom is 0.0981 e. The van der Waals surface area contributed by atoms with Crippen LogP contribution in [-0.4, -0.2) is 20.4 Å². The SMILES string of the molecule is CC1(C)CC(C(C2=CC=C(O)C(C)(C)C2)(C2=CC=C(O)C(C)(C)C2)C2=CC=C(O)C(C)(C)C2)=CC=C1O. The smallest absolute Gasteiger partial charge is 0.0981 e. The lowest BCUT2D eigenvalue weighted by atomic mass is 9.52. The Morgan fingerprint density at radius 2 is 0.595 bits per heavy atom. The first-order chi connectivity index (χ1) is 16.9. The van der Waals surface area contributed by atoms with Gasteiger partial charge >= 0.3 is 0 Å². The normalized spacial score (nSPS) is 26.4. The predicted molar refractivity (Wildman–Crippen MR) is 151 cm³/mol. The molecule has 200 valence electrons. The fourth-order valence-corrected chi connectivity index (χ4v) is 6.39. The third-order valence-corrected chi connectivity index (χ3v) is 9.00. The van der Waals surface area contributed by atoms with E-state index >= 15 is 0 Å². The van der Waals surface area contributed by atoms with Crippen LogP contribution in [0.2, 0.25) is 0 Å². The molecule has 4 nitrogen and oxygen atoms in total. The van der Waals surface area contributed by atoms with Gasteiger partial charge in [0.1, 0.15) is 0 Å². The molecule has 37 heavy (non-hydrogen) atoms. The fraction of sp³-hybridized carbons (Fsp3) is 0.515. The first-order valence-electron chi connectivity index (χ1n) is 13.4. The Bertz CT molecular complexity index is 1050. The Morgan fingerprint density at radius 1 is 0.405 bits per heavy atom. The number of rotatable bonds is 4. The van der Waals surface area contributed by atoms with Gasteiger partial charge in [-0.1, -0.05) is 102 Å². The first-order valence-corrected chi connectivity index (χ1v) is 13.4. The summed E-state index contributed by atoms with van der Waals surface area (Å²) in [7, 11) is 0. The molecule has 0 spiro atoms. The van der Waals surface area contributed by atoms with Gasteiger partial charge in [-0.05, 0) is 50.0 Å². The van der Waals surface area contributed by atoms with Crippen molar-refractivity contribution in [2.45, 2.75) is 81.1 Å². The maximum absolute atomic E-state index is 10.7. The number of hydrogen-bond acceptors (Lipinski definition) is 4. The number of hydrogen-bond donors (Lipinski definition) is 4. The molecule has 0 unspecified atom stereocenters. The van der Waals surface area contributed by atoms with Crippen LogP contribution < -0.4 is 0 Å². The summed E-state index contributed by atoms with van der Waals surface area (Å²) in [5.74, 6) is 1.47. The van der Waals surface area contributed by atoms with E-state index in [9.17, 15) is 20.4 Å². The molecule has 0 amide bonds. The Balaban J connectivity index is 2.11. The van der Waals surface area contributed by atoms with Crippen LogP contribution in [0.3, 0.4) is 0 Å². The van der Waals surface area contributed by atoms with E-state index in [1.807, 2.05) is 24.3 Å². The molecule has 0 aromatic heterocycles. The van der Waals surface area contributed by atoms with Crippen LogP contribution in [0, 0.1) is 27.1 Å². The van der Waals surface area contributed by atoms with Gasteiger partial charge in [-0.3, -0.25) is 0 Å². The minimum atomic E-state index is -0.633. The molecule has 4 heteroatoms. The van der Waals surface area contributed by atoms with Crippen molar-refractivity contribution in [1.29, 1.82) is 0 Å². The standard InChI is InChI=1S/C33H44O4/c1-29(2)17-21(9-13-25(29)34)33(22-10-14-26(35)30(3,4)18-22,23-11-15-27(36)31(5,6)19-23)24-12-16-28(37)32(7,8)20-24/h9-16,34-37H,17-20H2,1-8H3. The molecular weight excluding hydrogens is 460 g/mol. The Morgan fingerprint density at radius 3 is 0.757 bits per heavy atom. The van der Waals surface area contributed by atoms with E-state index in [-0.39, 0.29) is 0 Å². The minimum absolute atomic E-state index is 0.367. The van der Waals surface area contributed by atoms with Gasteiger partial charge in [0.2, 0.25) is 0 Å². The highest BCUT2D eigenvalue weighted by Crippen LogP contribution is 2.62. The van der Waals surface area contributed by atoms with Gasteiger partial charge in [0.25, 0.3) is 0 Å². The Hall–Kier alpha value is -2.88. The van der Waals surface area contributed by atoms with Gasteiger partial charge < -0.3 is 20.4 Å². The summed E-state index contributed by atoms with van der Waals surface area (Å²) in [5.41, 5.74) is 2.33. The van der Waals surface area contributed by atoms with Gasteiger partial charge in [-0.25, -0.2) is 0 Å². The molecule has 0 aliphatic heterocycles. The van der Waals surface area contributed by atoms with Crippen LogP contribution in [0.5, 0.6) is 0 Å². The van der Waals surface area contributed by atoms with Gasteiger partial charge in [-0.2, -0.15) is 0 Å². The second-order valence-corrected chi connectivity index (χ2v) is 14.0. The molecule has 0 fully saturated rings. The minimum Gasteiger partial charge on any atom is -0.512 e. The van der Waals surface area contributed by atoms with Crippen molar-refractivity contribution >= 4 is 0 Å². The number of aliphatic hydroxyl groups is 4. The van der Waals surface area contributed by atoms with E-state index in [1.165, 1.54) is 22.3 Å². The Kier molecular flexibility index (Phi) is 6.30.